The SMILES string of the molecule is CCc1cc(CC(=O)c2ccc(C)nc2C)n(CC)n1. The molecule has 0 aliphatic heterocycles. The van der Waals surface area contributed by atoms with Crippen LogP contribution in [0.25, 0.3) is 0 Å². The predicted molar refractivity (Wildman–Crippen MR) is 79.0 cm³/mol. The summed E-state index contributed by atoms with van der Waals surface area (Å²) >= 11 is 0. The lowest BCUT2D eigenvalue weighted by Crippen LogP contribution is -2.11. The number of carbonyl (C=O) groups is 1. The second kappa shape index (κ2) is 5.99. The topological polar surface area (TPSA) is 47.8 Å². The van der Waals surface area contributed by atoms with E-state index in [1.165, 1.54) is 0 Å². The van der Waals surface area contributed by atoms with Gasteiger partial charge >= 0.3 is 0 Å². The summed E-state index contributed by atoms with van der Waals surface area (Å²) in [5.74, 6) is 0.104. The summed E-state index contributed by atoms with van der Waals surface area (Å²) in [5, 5.41) is 4.48. The molecule has 4 heteroatoms. The van der Waals surface area contributed by atoms with Gasteiger partial charge in [-0.1, -0.05) is 6.92 Å². The second-order valence-electron chi connectivity index (χ2n) is 4.98. The van der Waals surface area contributed by atoms with Crippen LogP contribution >= 0.6 is 0 Å². The van der Waals surface area contributed by atoms with Crippen LogP contribution in [0, 0.1) is 13.8 Å². The van der Waals surface area contributed by atoms with Gasteiger partial charge in [-0.25, -0.2) is 0 Å². The number of nitrogens with zero attached hydrogens (tertiary/aromatic N) is 3. The second-order valence-corrected chi connectivity index (χ2v) is 4.98. The maximum Gasteiger partial charge on any atom is 0.170 e. The number of carbonyl (C=O) groups excluding carboxylic acids is 1. The van der Waals surface area contributed by atoms with E-state index in [1.807, 2.05) is 43.7 Å². The van der Waals surface area contributed by atoms with Crippen LogP contribution in [0.4, 0.5) is 0 Å². The van der Waals surface area contributed by atoms with Gasteiger partial charge in [0, 0.05) is 29.2 Å². The van der Waals surface area contributed by atoms with E-state index in [2.05, 4.69) is 17.0 Å². The third-order valence-corrected chi connectivity index (χ3v) is 3.44. The van der Waals surface area contributed by atoms with Gasteiger partial charge in [0.05, 0.1) is 12.1 Å². The predicted octanol–water partition coefficient (Wildman–Crippen LogP) is 2.90. The average Bonchev–Trinajstić information content (AvgIpc) is 2.80. The van der Waals surface area contributed by atoms with Crippen molar-refractivity contribution in [3.8, 4) is 0 Å². The number of Topliss-reactive ketones (excluding diaryl/α,β-unsaturated/α-hetero) is 1. The van der Waals surface area contributed by atoms with E-state index in [0.717, 1.165) is 35.7 Å². The van der Waals surface area contributed by atoms with E-state index >= 15 is 0 Å². The van der Waals surface area contributed by atoms with Crippen LogP contribution in [0.2, 0.25) is 0 Å². The molecule has 20 heavy (non-hydrogen) atoms. The van der Waals surface area contributed by atoms with Gasteiger partial charge in [0.1, 0.15) is 0 Å². The summed E-state index contributed by atoms with van der Waals surface area (Å²) in [6.07, 6.45) is 1.27. The molecule has 2 heterocycles. The Labute approximate surface area is 119 Å². The molecule has 2 aromatic rings. The highest BCUT2D eigenvalue weighted by Gasteiger charge is 2.14. The summed E-state index contributed by atoms with van der Waals surface area (Å²) in [7, 11) is 0. The molecule has 0 atom stereocenters. The molecule has 2 aromatic heterocycles. The number of hydrogen-bond acceptors (Lipinski definition) is 3. The molecule has 0 unspecified atom stereocenters. The van der Waals surface area contributed by atoms with Gasteiger partial charge in [0.2, 0.25) is 0 Å². The van der Waals surface area contributed by atoms with Crippen molar-refractivity contribution >= 4 is 5.78 Å². The van der Waals surface area contributed by atoms with Crippen molar-refractivity contribution in [2.24, 2.45) is 0 Å². The summed E-state index contributed by atoms with van der Waals surface area (Å²) in [5.41, 5.74) is 4.46. The zero-order chi connectivity index (χ0) is 14.7. The van der Waals surface area contributed by atoms with E-state index in [-0.39, 0.29) is 5.78 Å². The summed E-state index contributed by atoms with van der Waals surface area (Å²) < 4.78 is 1.91. The van der Waals surface area contributed by atoms with Crippen molar-refractivity contribution in [1.82, 2.24) is 14.8 Å². The van der Waals surface area contributed by atoms with Crippen molar-refractivity contribution < 1.29 is 4.79 Å². The van der Waals surface area contributed by atoms with E-state index in [4.69, 9.17) is 0 Å². The first-order valence-electron chi connectivity index (χ1n) is 7.08. The minimum Gasteiger partial charge on any atom is -0.294 e. The molecule has 0 saturated carbocycles. The van der Waals surface area contributed by atoms with Gasteiger partial charge in [-0.05, 0) is 45.4 Å². The van der Waals surface area contributed by atoms with Crippen LogP contribution in [0.5, 0.6) is 0 Å². The number of rotatable bonds is 5. The third-order valence-electron chi connectivity index (χ3n) is 3.44. The zero-order valence-corrected chi connectivity index (χ0v) is 12.6. The number of hydrogen-bond donors (Lipinski definition) is 0. The lowest BCUT2D eigenvalue weighted by atomic mass is 10.0. The fraction of sp³-hybridized carbons (Fsp3) is 0.438. The molecule has 0 N–H and O–H groups in total. The third kappa shape index (κ3) is 2.95. The summed E-state index contributed by atoms with van der Waals surface area (Å²) in [4.78, 5) is 16.8. The van der Waals surface area contributed by atoms with Gasteiger partial charge in [-0.3, -0.25) is 14.5 Å². The minimum absolute atomic E-state index is 0.104. The monoisotopic (exact) mass is 271 g/mol. The van der Waals surface area contributed by atoms with Crippen LogP contribution in [-0.2, 0) is 19.4 Å². The Morgan fingerprint density at radius 2 is 2.00 bits per heavy atom. The Morgan fingerprint density at radius 1 is 1.25 bits per heavy atom. The Balaban J connectivity index is 2.25. The maximum atomic E-state index is 12.4. The fourth-order valence-corrected chi connectivity index (χ4v) is 2.34. The minimum atomic E-state index is 0.104. The molecule has 0 fully saturated rings. The first-order valence-corrected chi connectivity index (χ1v) is 7.08. The standard InChI is InChI=1S/C16H21N3O/c1-5-13-9-14(19(6-2)18-13)10-16(20)15-8-7-11(3)17-12(15)4/h7-9H,5-6,10H2,1-4H3. The highest BCUT2D eigenvalue weighted by atomic mass is 16.1. The first-order chi connectivity index (χ1) is 9.55. The number of pyridine rings is 1. The Morgan fingerprint density at radius 3 is 2.60 bits per heavy atom. The molecule has 0 bridgehead atoms. The molecule has 2 rings (SSSR count). The molecule has 0 amide bonds. The lowest BCUT2D eigenvalue weighted by molar-refractivity contribution is 0.0989. The zero-order valence-electron chi connectivity index (χ0n) is 12.6. The largest absolute Gasteiger partial charge is 0.294 e. The van der Waals surface area contributed by atoms with Crippen molar-refractivity contribution in [3.63, 3.8) is 0 Å². The van der Waals surface area contributed by atoms with Crippen molar-refractivity contribution in [2.45, 2.75) is 47.1 Å². The highest BCUT2D eigenvalue weighted by molar-refractivity contribution is 5.98. The molecule has 0 spiro atoms. The van der Waals surface area contributed by atoms with Crippen molar-refractivity contribution in [2.75, 3.05) is 0 Å². The average molecular weight is 271 g/mol. The van der Waals surface area contributed by atoms with Crippen LogP contribution < -0.4 is 0 Å². The van der Waals surface area contributed by atoms with Crippen LogP contribution in [0.1, 0.15) is 47.0 Å². The Kier molecular flexibility index (Phi) is 4.32. The van der Waals surface area contributed by atoms with Gasteiger partial charge in [0.15, 0.2) is 5.78 Å². The molecular weight excluding hydrogens is 250 g/mol. The van der Waals surface area contributed by atoms with Crippen LogP contribution in [0.3, 0.4) is 0 Å². The number of aromatic nitrogens is 3. The molecular formula is C16H21N3O. The molecule has 0 saturated heterocycles. The number of aryl methyl sites for hydroxylation is 4. The Bertz CT molecular complexity index is 629. The van der Waals surface area contributed by atoms with E-state index < -0.39 is 0 Å². The Hall–Kier alpha value is -1.97. The fourth-order valence-electron chi connectivity index (χ4n) is 2.34. The molecule has 0 aliphatic carbocycles. The van der Waals surface area contributed by atoms with Gasteiger partial charge < -0.3 is 0 Å². The first kappa shape index (κ1) is 14.4. The van der Waals surface area contributed by atoms with Gasteiger partial charge in [-0.2, -0.15) is 5.10 Å². The summed E-state index contributed by atoms with van der Waals surface area (Å²) in [6, 6.07) is 5.78. The molecule has 0 radical (unpaired) electrons. The van der Waals surface area contributed by atoms with Crippen LogP contribution in [-0.4, -0.2) is 20.5 Å². The quantitative estimate of drug-likeness (QED) is 0.786. The van der Waals surface area contributed by atoms with E-state index in [9.17, 15) is 4.79 Å². The normalized spacial score (nSPS) is 10.8. The lowest BCUT2D eigenvalue weighted by Gasteiger charge is -2.06. The van der Waals surface area contributed by atoms with Gasteiger partial charge in [-0.15, -0.1) is 0 Å². The van der Waals surface area contributed by atoms with E-state index in [1.54, 1.807) is 0 Å². The van der Waals surface area contributed by atoms with Gasteiger partial charge in [0.25, 0.3) is 0 Å². The molecule has 0 aliphatic rings. The number of ketones is 1. The molecule has 4 nitrogen and oxygen atoms in total. The smallest absolute Gasteiger partial charge is 0.170 e. The maximum absolute atomic E-state index is 12.4. The molecule has 106 valence electrons. The highest BCUT2D eigenvalue weighted by Crippen LogP contribution is 2.13. The summed E-state index contributed by atoms with van der Waals surface area (Å²) in [6.45, 7) is 8.71. The van der Waals surface area contributed by atoms with E-state index in [0.29, 0.717) is 12.0 Å². The van der Waals surface area contributed by atoms with Crippen molar-refractivity contribution in [3.05, 3.63) is 46.5 Å². The van der Waals surface area contributed by atoms with Crippen LogP contribution in [0.15, 0.2) is 18.2 Å². The molecule has 0 aromatic carbocycles. The van der Waals surface area contributed by atoms with Crippen molar-refractivity contribution in [1.29, 1.82) is 0 Å².